The number of hydrogen-bond acceptors (Lipinski definition) is 7. The Bertz CT molecular complexity index is 1140. The minimum absolute atomic E-state index is 0.127. The number of ether oxygens (including phenoxy) is 2. The summed E-state index contributed by atoms with van der Waals surface area (Å²) in [5.41, 5.74) is 1.05. The van der Waals surface area contributed by atoms with Crippen LogP contribution in [0, 0.1) is 13.8 Å². The van der Waals surface area contributed by atoms with E-state index >= 15 is 0 Å². The molecule has 0 radical (unpaired) electrons. The van der Waals surface area contributed by atoms with E-state index in [2.05, 4.69) is 9.97 Å². The summed E-state index contributed by atoms with van der Waals surface area (Å²) in [7, 11) is -3.62. The van der Waals surface area contributed by atoms with E-state index < -0.39 is 10.0 Å². The van der Waals surface area contributed by atoms with Gasteiger partial charge in [0.2, 0.25) is 15.9 Å². The van der Waals surface area contributed by atoms with Crippen molar-refractivity contribution in [3.05, 3.63) is 40.0 Å². The first kappa shape index (κ1) is 19.5. The van der Waals surface area contributed by atoms with Crippen LogP contribution >= 0.6 is 22.9 Å². The largest absolute Gasteiger partial charge is 0.437 e. The molecule has 0 spiro atoms. The first-order valence-electron chi connectivity index (χ1n) is 8.64. The molecule has 1 fully saturated rings. The second kappa shape index (κ2) is 7.57. The lowest BCUT2D eigenvalue weighted by Crippen LogP contribution is -2.40. The fraction of sp³-hybridized carbons (Fsp3) is 0.333. The summed E-state index contributed by atoms with van der Waals surface area (Å²) in [6.45, 7) is 5.43. The molecule has 1 aromatic carbocycles. The Hall–Kier alpha value is -1.78. The summed E-state index contributed by atoms with van der Waals surface area (Å²) < 4.78 is 38.1. The second-order valence-corrected chi connectivity index (χ2v) is 9.90. The standard InChI is InChI=1S/C18H18ClN3O4S2/c1-11-12(2)27-18-16(11)17(20-10-21-18)26-15-4-3-13(9-14(15)19)28(23,24)22-5-7-25-8-6-22/h3-4,9-10H,5-8H2,1-2H3. The Kier molecular flexibility index (Phi) is 5.28. The molecule has 0 saturated carbocycles. The van der Waals surface area contributed by atoms with E-state index in [0.717, 1.165) is 20.7 Å². The average Bonchev–Trinajstić information content (AvgIpc) is 2.99. The van der Waals surface area contributed by atoms with Crippen LogP contribution in [0.2, 0.25) is 5.02 Å². The van der Waals surface area contributed by atoms with Gasteiger partial charge in [-0.15, -0.1) is 11.3 Å². The van der Waals surface area contributed by atoms with Gasteiger partial charge in [-0.2, -0.15) is 4.31 Å². The predicted octanol–water partition coefficient (Wildman–Crippen LogP) is 3.77. The van der Waals surface area contributed by atoms with Gasteiger partial charge in [0.1, 0.15) is 16.9 Å². The lowest BCUT2D eigenvalue weighted by atomic mass is 10.2. The first-order valence-corrected chi connectivity index (χ1v) is 11.3. The van der Waals surface area contributed by atoms with Gasteiger partial charge in [0.25, 0.3) is 0 Å². The Morgan fingerprint density at radius 2 is 1.96 bits per heavy atom. The fourth-order valence-corrected chi connectivity index (χ4v) is 5.70. The van der Waals surface area contributed by atoms with Crippen LogP contribution < -0.4 is 4.74 Å². The lowest BCUT2D eigenvalue weighted by molar-refractivity contribution is 0.0730. The zero-order chi connectivity index (χ0) is 19.9. The molecule has 3 aromatic rings. The smallest absolute Gasteiger partial charge is 0.243 e. The summed E-state index contributed by atoms with van der Waals surface area (Å²) in [6.07, 6.45) is 1.44. The lowest BCUT2D eigenvalue weighted by Gasteiger charge is -2.26. The molecule has 7 nitrogen and oxygen atoms in total. The van der Waals surface area contributed by atoms with Crippen LogP contribution in [0.1, 0.15) is 10.4 Å². The number of aryl methyl sites for hydroxylation is 2. The van der Waals surface area contributed by atoms with Crippen LogP contribution in [0.15, 0.2) is 29.4 Å². The van der Waals surface area contributed by atoms with E-state index in [1.807, 2.05) is 13.8 Å². The highest BCUT2D eigenvalue weighted by atomic mass is 35.5. The molecule has 2 aromatic heterocycles. The van der Waals surface area contributed by atoms with Gasteiger partial charge in [0, 0.05) is 18.0 Å². The quantitative estimate of drug-likeness (QED) is 0.615. The van der Waals surface area contributed by atoms with E-state index in [0.29, 0.717) is 37.9 Å². The number of rotatable bonds is 4. The number of thiophene rings is 1. The Morgan fingerprint density at radius 3 is 2.68 bits per heavy atom. The number of fused-ring (bicyclic) bond motifs is 1. The van der Waals surface area contributed by atoms with Crippen molar-refractivity contribution in [1.82, 2.24) is 14.3 Å². The van der Waals surface area contributed by atoms with Crippen LogP contribution in [0.4, 0.5) is 0 Å². The van der Waals surface area contributed by atoms with Gasteiger partial charge in [0.15, 0.2) is 0 Å². The van der Waals surface area contributed by atoms with Crippen molar-refractivity contribution < 1.29 is 17.9 Å². The van der Waals surface area contributed by atoms with Crippen molar-refractivity contribution in [2.45, 2.75) is 18.7 Å². The molecule has 1 aliphatic heterocycles. The van der Waals surface area contributed by atoms with Gasteiger partial charge in [-0.25, -0.2) is 18.4 Å². The molecule has 0 amide bonds. The van der Waals surface area contributed by atoms with Gasteiger partial charge in [0.05, 0.1) is 28.5 Å². The number of aromatic nitrogens is 2. The number of halogens is 1. The highest BCUT2D eigenvalue weighted by molar-refractivity contribution is 7.89. The average molecular weight is 440 g/mol. The number of nitrogens with zero attached hydrogens (tertiary/aromatic N) is 3. The molecule has 3 heterocycles. The summed E-state index contributed by atoms with van der Waals surface area (Å²) in [6, 6.07) is 4.46. The second-order valence-electron chi connectivity index (χ2n) is 6.35. The van der Waals surface area contributed by atoms with E-state index in [9.17, 15) is 8.42 Å². The molecular formula is C18H18ClN3O4S2. The maximum absolute atomic E-state index is 12.8. The Balaban J connectivity index is 1.66. The van der Waals surface area contributed by atoms with Crippen molar-refractivity contribution in [3.8, 4) is 11.6 Å². The number of hydrogen-bond donors (Lipinski definition) is 0. The minimum atomic E-state index is -3.62. The van der Waals surface area contributed by atoms with Crippen molar-refractivity contribution in [1.29, 1.82) is 0 Å². The van der Waals surface area contributed by atoms with Gasteiger partial charge in [-0.1, -0.05) is 11.6 Å². The molecule has 10 heteroatoms. The minimum Gasteiger partial charge on any atom is -0.437 e. The van der Waals surface area contributed by atoms with Crippen LogP contribution in [-0.2, 0) is 14.8 Å². The molecule has 28 heavy (non-hydrogen) atoms. The Morgan fingerprint density at radius 1 is 1.21 bits per heavy atom. The summed E-state index contributed by atoms with van der Waals surface area (Å²) in [5, 5.41) is 1.04. The van der Waals surface area contributed by atoms with E-state index in [-0.39, 0.29) is 9.92 Å². The van der Waals surface area contributed by atoms with Gasteiger partial charge in [-0.05, 0) is 37.6 Å². The molecule has 0 atom stereocenters. The number of sulfonamides is 1. The molecular weight excluding hydrogens is 422 g/mol. The zero-order valence-corrected chi connectivity index (χ0v) is 17.7. The maximum atomic E-state index is 12.8. The SMILES string of the molecule is Cc1sc2ncnc(Oc3ccc(S(=O)(=O)N4CCOCC4)cc3Cl)c2c1C. The predicted molar refractivity (Wildman–Crippen MR) is 108 cm³/mol. The molecule has 0 bridgehead atoms. The maximum Gasteiger partial charge on any atom is 0.243 e. The normalized spacial score (nSPS) is 15.8. The molecule has 1 aliphatic rings. The van der Waals surface area contributed by atoms with Gasteiger partial charge < -0.3 is 9.47 Å². The fourth-order valence-electron chi connectivity index (χ4n) is 2.99. The summed E-state index contributed by atoms with van der Waals surface area (Å²) >= 11 is 7.92. The van der Waals surface area contributed by atoms with Gasteiger partial charge >= 0.3 is 0 Å². The van der Waals surface area contributed by atoms with Crippen molar-refractivity contribution in [2.75, 3.05) is 26.3 Å². The van der Waals surface area contributed by atoms with Crippen molar-refractivity contribution >= 4 is 43.2 Å². The van der Waals surface area contributed by atoms with E-state index in [4.69, 9.17) is 21.1 Å². The molecule has 148 valence electrons. The third-order valence-electron chi connectivity index (χ3n) is 4.65. The van der Waals surface area contributed by atoms with Crippen molar-refractivity contribution in [3.63, 3.8) is 0 Å². The molecule has 0 aliphatic carbocycles. The first-order chi connectivity index (χ1) is 13.4. The zero-order valence-electron chi connectivity index (χ0n) is 15.3. The highest BCUT2D eigenvalue weighted by Gasteiger charge is 2.27. The van der Waals surface area contributed by atoms with E-state index in [1.165, 1.54) is 22.8 Å². The van der Waals surface area contributed by atoms with E-state index in [1.54, 1.807) is 17.4 Å². The summed E-state index contributed by atoms with van der Waals surface area (Å²) in [5.74, 6) is 0.739. The molecule has 0 N–H and O–H groups in total. The molecule has 1 saturated heterocycles. The molecule has 4 rings (SSSR count). The van der Waals surface area contributed by atoms with Crippen LogP contribution in [0.25, 0.3) is 10.2 Å². The number of benzene rings is 1. The highest BCUT2D eigenvalue weighted by Crippen LogP contribution is 2.38. The van der Waals surface area contributed by atoms with Crippen LogP contribution in [-0.4, -0.2) is 49.0 Å². The van der Waals surface area contributed by atoms with Crippen molar-refractivity contribution in [2.24, 2.45) is 0 Å². The Labute approximate surface area is 171 Å². The third-order valence-corrected chi connectivity index (χ3v) is 7.95. The molecule has 0 unspecified atom stereocenters. The van der Waals surface area contributed by atoms with Crippen LogP contribution in [0.5, 0.6) is 11.6 Å². The monoisotopic (exact) mass is 439 g/mol. The topological polar surface area (TPSA) is 81.6 Å². The third kappa shape index (κ3) is 3.48. The summed E-state index contributed by atoms with van der Waals surface area (Å²) in [4.78, 5) is 10.6. The number of morpholine rings is 1. The van der Waals surface area contributed by atoms with Gasteiger partial charge in [-0.3, -0.25) is 0 Å². The van der Waals surface area contributed by atoms with Crippen LogP contribution in [0.3, 0.4) is 0 Å².